The molecular formula is C50H33NO. The molecule has 0 fully saturated rings. The molecule has 0 aliphatic rings. The fourth-order valence-electron chi connectivity index (χ4n) is 7.62. The fraction of sp³-hybridized carbons (Fsp3) is 0. The Hall–Kier alpha value is -6.90. The number of hydrogen-bond acceptors (Lipinski definition) is 2. The topological polar surface area (TPSA) is 16.4 Å². The van der Waals surface area contributed by atoms with Crippen molar-refractivity contribution in [1.29, 1.82) is 0 Å². The summed E-state index contributed by atoms with van der Waals surface area (Å²) in [5.74, 6) is 0. The standard InChI is InChI=1S/C50H33NO/c1-2-10-34(11-3-1)39-16-8-17-45(31-39)51(43-26-22-36(23-27-43)42-21-20-35-12-4-5-13-38(35)30-42)44-28-24-37(25-29-44)46-18-9-19-48-50(46)47-32-40-14-6-7-15-41(40)33-49(47)52-48/h1-33H. The van der Waals surface area contributed by atoms with E-state index in [2.05, 4.69) is 205 Å². The smallest absolute Gasteiger partial charge is 0.136 e. The lowest BCUT2D eigenvalue weighted by molar-refractivity contribution is 0.669. The quantitative estimate of drug-likeness (QED) is 0.176. The van der Waals surface area contributed by atoms with Crippen molar-refractivity contribution in [2.24, 2.45) is 0 Å². The summed E-state index contributed by atoms with van der Waals surface area (Å²) in [7, 11) is 0. The maximum atomic E-state index is 6.40. The summed E-state index contributed by atoms with van der Waals surface area (Å²) < 4.78 is 6.40. The Labute approximate surface area is 302 Å². The molecule has 0 spiro atoms. The molecule has 0 amide bonds. The lowest BCUT2D eigenvalue weighted by Gasteiger charge is -2.26. The van der Waals surface area contributed by atoms with Crippen LogP contribution < -0.4 is 4.90 Å². The minimum Gasteiger partial charge on any atom is -0.456 e. The van der Waals surface area contributed by atoms with E-state index >= 15 is 0 Å². The number of anilines is 3. The Morgan fingerprint density at radius 2 is 0.865 bits per heavy atom. The molecule has 10 aromatic rings. The minimum absolute atomic E-state index is 0.901. The molecule has 0 unspecified atom stereocenters. The number of benzene rings is 9. The van der Waals surface area contributed by atoms with E-state index in [0.29, 0.717) is 0 Å². The van der Waals surface area contributed by atoms with Gasteiger partial charge in [-0.1, -0.05) is 140 Å². The minimum atomic E-state index is 0.901. The van der Waals surface area contributed by atoms with Gasteiger partial charge in [0, 0.05) is 27.8 Å². The number of rotatable bonds is 6. The van der Waals surface area contributed by atoms with Crippen LogP contribution in [0.5, 0.6) is 0 Å². The first-order chi connectivity index (χ1) is 25.7. The van der Waals surface area contributed by atoms with Crippen LogP contribution in [-0.2, 0) is 0 Å². The van der Waals surface area contributed by atoms with Crippen LogP contribution in [0, 0.1) is 0 Å². The first kappa shape index (κ1) is 30.0. The van der Waals surface area contributed by atoms with E-state index in [9.17, 15) is 0 Å². The third-order valence-corrected chi connectivity index (χ3v) is 10.2. The molecule has 2 heteroatoms. The third kappa shape index (κ3) is 5.30. The van der Waals surface area contributed by atoms with Gasteiger partial charge in [-0.15, -0.1) is 0 Å². The van der Waals surface area contributed by atoms with E-state index in [0.717, 1.165) is 50.1 Å². The second-order valence-electron chi connectivity index (χ2n) is 13.4. The van der Waals surface area contributed by atoms with Crippen molar-refractivity contribution in [3.05, 3.63) is 200 Å². The SMILES string of the molecule is c1ccc(-c2cccc(N(c3ccc(-c4ccc5ccccc5c4)cc3)c3ccc(-c4cccc5oc6cc7ccccc7cc6c45)cc3)c2)cc1. The Morgan fingerprint density at radius 3 is 1.62 bits per heavy atom. The van der Waals surface area contributed by atoms with Crippen molar-refractivity contribution < 1.29 is 4.42 Å². The van der Waals surface area contributed by atoms with Gasteiger partial charge in [-0.25, -0.2) is 0 Å². The highest BCUT2D eigenvalue weighted by Gasteiger charge is 2.17. The zero-order valence-corrected chi connectivity index (χ0v) is 28.4. The van der Waals surface area contributed by atoms with Crippen molar-refractivity contribution >= 4 is 60.5 Å². The average Bonchev–Trinajstić information content (AvgIpc) is 3.58. The van der Waals surface area contributed by atoms with Crippen molar-refractivity contribution in [3.8, 4) is 33.4 Å². The predicted molar refractivity (Wildman–Crippen MR) is 220 cm³/mol. The maximum absolute atomic E-state index is 6.40. The van der Waals surface area contributed by atoms with Crippen molar-refractivity contribution in [2.75, 3.05) is 4.90 Å². The van der Waals surface area contributed by atoms with Crippen molar-refractivity contribution in [2.45, 2.75) is 0 Å². The first-order valence-corrected chi connectivity index (χ1v) is 17.7. The fourth-order valence-corrected chi connectivity index (χ4v) is 7.62. The summed E-state index contributed by atoms with van der Waals surface area (Å²) in [5.41, 5.74) is 12.2. The van der Waals surface area contributed by atoms with Crippen LogP contribution in [0.3, 0.4) is 0 Å². The molecule has 0 radical (unpaired) electrons. The molecule has 52 heavy (non-hydrogen) atoms. The first-order valence-electron chi connectivity index (χ1n) is 17.7. The highest BCUT2D eigenvalue weighted by molar-refractivity contribution is 6.15. The Bertz CT molecular complexity index is 2890. The van der Waals surface area contributed by atoms with E-state index < -0.39 is 0 Å². The van der Waals surface area contributed by atoms with E-state index in [-0.39, 0.29) is 0 Å². The summed E-state index contributed by atoms with van der Waals surface area (Å²) in [6, 6.07) is 71.7. The van der Waals surface area contributed by atoms with E-state index in [1.807, 2.05) is 0 Å². The van der Waals surface area contributed by atoms with Gasteiger partial charge in [-0.05, 0) is 116 Å². The maximum Gasteiger partial charge on any atom is 0.136 e. The van der Waals surface area contributed by atoms with Gasteiger partial charge in [0.05, 0.1) is 0 Å². The van der Waals surface area contributed by atoms with E-state index in [1.165, 1.54) is 43.8 Å². The second-order valence-corrected chi connectivity index (χ2v) is 13.4. The van der Waals surface area contributed by atoms with Crippen LogP contribution >= 0.6 is 0 Å². The molecule has 0 aliphatic heterocycles. The second kappa shape index (κ2) is 12.5. The van der Waals surface area contributed by atoms with Crippen LogP contribution in [0.25, 0.3) is 76.9 Å². The molecule has 0 saturated carbocycles. The summed E-state index contributed by atoms with van der Waals surface area (Å²) in [6.45, 7) is 0. The predicted octanol–water partition coefficient (Wildman–Crippen LogP) is 14.4. The molecule has 0 atom stereocenters. The van der Waals surface area contributed by atoms with Crippen LogP contribution in [0.15, 0.2) is 205 Å². The number of hydrogen-bond donors (Lipinski definition) is 0. The number of fused-ring (bicyclic) bond motifs is 5. The van der Waals surface area contributed by atoms with E-state index in [1.54, 1.807) is 0 Å². The molecule has 0 saturated heterocycles. The molecule has 1 heterocycles. The molecule has 10 rings (SSSR count). The molecule has 2 nitrogen and oxygen atoms in total. The summed E-state index contributed by atoms with van der Waals surface area (Å²) in [6.07, 6.45) is 0. The summed E-state index contributed by atoms with van der Waals surface area (Å²) in [5, 5.41) is 7.17. The lowest BCUT2D eigenvalue weighted by Crippen LogP contribution is -2.10. The summed E-state index contributed by atoms with van der Waals surface area (Å²) >= 11 is 0. The monoisotopic (exact) mass is 663 g/mol. The van der Waals surface area contributed by atoms with Crippen LogP contribution in [0.1, 0.15) is 0 Å². The Morgan fingerprint density at radius 1 is 0.308 bits per heavy atom. The highest BCUT2D eigenvalue weighted by atomic mass is 16.3. The van der Waals surface area contributed by atoms with Gasteiger partial charge in [0.15, 0.2) is 0 Å². The zero-order valence-electron chi connectivity index (χ0n) is 28.4. The van der Waals surface area contributed by atoms with Gasteiger partial charge in [0.1, 0.15) is 11.2 Å². The van der Waals surface area contributed by atoms with E-state index in [4.69, 9.17) is 4.42 Å². The highest BCUT2D eigenvalue weighted by Crippen LogP contribution is 2.41. The Balaban J connectivity index is 1.07. The van der Waals surface area contributed by atoms with Gasteiger partial charge in [0.25, 0.3) is 0 Å². The van der Waals surface area contributed by atoms with Gasteiger partial charge in [0.2, 0.25) is 0 Å². The molecule has 0 aliphatic carbocycles. The zero-order chi connectivity index (χ0) is 34.4. The number of furan rings is 1. The van der Waals surface area contributed by atoms with Gasteiger partial charge in [-0.3, -0.25) is 0 Å². The average molecular weight is 664 g/mol. The van der Waals surface area contributed by atoms with Crippen molar-refractivity contribution in [1.82, 2.24) is 0 Å². The molecule has 9 aromatic carbocycles. The van der Waals surface area contributed by atoms with Gasteiger partial charge in [-0.2, -0.15) is 0 Å². The van der Waals surface area contributed by atoms with Crippen LogP contribution in [0.2, 0.25) is 0 Å². The van der Waals surface area contributed by atoms with Crippen molar-refractivity contribution in [3.63, 3.8) is 0 Å². The number of nitrogens with zero attached hydrogens (tertiary/aromatic N) is 1. The molecule has 244 valence electrons. The normalized spacial score (nSPS) is 11.5. The Kier molecular flexibility index (Phi) is 7.18. The molecule has 0 bridgehead atoms. The largest absolute Gasteiger partial charge is 0.456 e. The summed E-state index contributed by atoms with van der Waals surface area (Å²) in [4.78, 5) is 2.35. The van der Waals surface area contributed by atoms with Crippen LogP contribution in [-0.4, -0.2) is 0 Å². The molecule has 1 aromatic heterocycles. The van der Waals surface area contributed by atoms with Gasteiger partial charge >= 0.3 is 0 Å². The third-order valence-electron chi connectivity index (χ3n) is 10.2. The molecular weight excluding hydrogens is 631 g/mol. The van der Waals surface area contributed by atoms with Crippen LogP contribution in [0.4, 0.5) is 17.1 Å². The molecule has 0 N–H and O–H groups in total. The van der Waals surface area contributed by atoms with Gasteiger partial charge < -0.3 is 9.32 Å². The lowest BCUT2D eigenvalue weighted by atomic mass is 9.97.